The van der Waals surface area contributed by atoms with Crippen molar-refractivity contribution in [1.29, 1.82) is 0 Å². The predicted molar refractivity (Wildman–Crippen MR) is 221 cm³/mol. The highest BCUT2D eigenvalue weighted by Crippen LogP contribution is 2.12. The molecule has 1 amide bonds. The fourth-order valence-electron chi connectivity index (χ4n) is 4.54. The summed E-state index contributed by atoms with van der Waals surface area (Å²) < 4.78 is 5.77. The molecule has 6 nitrogen and oxygen atoms in total. The summed E-state index contributed by atoms with van der Waals surface area (Å²) in [6, 6.07) is 0. The molecule has 0 aliphatic rings. The average Bonchev–Trinajstić information content (AvgIpc) is 3.13. The lowest BCUT2D eigenvalue weighted by molar-refractivity contribution is -0.147. The van der Waals surface area contributed by atoms with E-state index >= 15 is 0 Å². The molecule has 0 radical (unpaired) electrons. The lowest BCUT2D eigenvalue weighted by Crippen LogP contribution is -2.28. The monoisotopic (exact) mass is 714 g/mol. The first kappa shape index (κ1) is 47.5. The molecule has 0 aliphatic carbocycles. The van der Waals surface area contributed by atoms with E-state index in [2.05, 4.69) is 135 Å². The van der Waals surface area contributed by atoms with Crippen LogP contribution in [0.1, 0.15) is 123 Å². The minimum absolute atomic E-state index is 0.238. The average molecular weight is 714 g/mol. The summed E-state index contributed by atoms with van der Waals surface area (Å²) in [5, 5.41) is 11.1. The lowest BCUT2D eigenvalue weighted by atomic mass is 10.1. The van der Waals surface area contributed by atoms with Crippen LogP contribution in [0.25, 0.3) is 0 Å². The molecular weight excluding hydrogens is 647 g/mol. The number of rotatable bonds is 32. The summed E-state index contributed by atoms with van der Waals surface area (Å²) in [6.45, 7) is 3.90. The van der Waals surface area contributed by atoms with E-state index in [1.54, 1.807) is 0 Å². The second-order valence-corrected chi connectivity index (χ2v) is 12.1. The molecule has 0 saturated carbocycles. The Hall–Kier alpha value is -4.45. The fourth-order valence-corrected chi connectivity index (χ4v) is 4.54. The van der Waals surface area contributed by atoms with Gasteiger partial charge in [0.15, 0.2) is 0 Å². The molecule has 1 atom stereocenters. The summed E-state index contributed by atoms with van der Waals surface area (Å²) in [6.07, 6.45) is 60.1. The molecule has 0 aliphatic heterocycles. The van der Waals surface area contributed by atoms with E-state index in [1.165, 1.54) is 0 Å². The third-order valence-corrected chi connectivity index (χ3v) is 7.32. The number of ether oxygens (including phenoxy) is 1. The first-order chi connectivity index (χ1) is 25.5. The zero-order valence-corrected chi connectivity index (χ0v) is 32.1. The number of carboxylic acids is 1. The summed E-state index contributed by atoms with van der Waals surface area (Å²) in [5.41, 5.74) is 0. The van der Waals surface area contributed by atoms with Crippen LogP contribution in [0.15, 0.2) is 134 Å². The van der Waals surface area contributed by atoms with Gasteiger partial charge >= 0.3 is 11.9 Å². The summed E-state index contributed by atoms with van der Waals surface area (Å²) in [7, 11) is 0. The van der Waals surface area contributed by atoms with Crippen molar-refractivity contribution in [3.8, 4) is 0 Å². The molecule has 0 aromatic rings. The van der Waals surface area contributed by atoms with E-state index in [9.17, 15) is 14.4 Å². The Labute approximate surface area is 316 Å². The van der Waals surface area contributed by atoms with Crippen LogP contribution in [0, 0.1) is 0 Å². The van der Waals surface area contributed by atoms with Crippen LogP contribution >= 0.6 is 0 Å². The van der Waals surface area contributed by atoms with Crippen molar-refractivity contribution in [3.63, 3.8) is 0 Å². The number of aliphatic carboxylic acids is 1. The second-order valence-electron chi connectivity index (χ2n) is 12.1. The fraction of sp³-hybridized carbons (Fsp3) is 0.457. The molecule has 1 unspecified atom stereocenters. The molecule has 6 heteroatoms. The third-order valence-electron chi connectivity index (χ3n) is 7.32. The third kappa shape index (κ3) is 38.4. The van der Waals surface area contributed by atoms with Crippen molar-refractivity contribution >= 4 is 17.8 Å². The van der Waals surface area contributed by atoms with E-state index < -0.39 is 5.97 Å². The summed E-state index contributed by atoms with van der Waals surface area (Å²) >= 11 is 0. The Balaban J connectivity index is 4.50. The van der Waals surface area contributed by atoms with E-state index in [0.29, 0.717) is 32.1 Å². The van der Waals surface area contributed by atoms with Gasteiger partial charge in [-0.2, -0.15) is 0 Å². The predicted octanol–water partition coefficient (Wildman–Crippen LogP) is 11.9. The highest BCUT2D eigenvalue weighted by Gasteiger charge is 2.12. The van der Waals surface area contributed by atoms with Gasteiger partial charge in [-0.3, -0.25) is 14.4 Å². The van der Waals surface area contributed by atoms with Crippen molar-refractivity contribution in [1.82, 2.24) is 5.32 Å². The van der Waals surface area contributed by atoms with Crippen molar-refractivity contribution in [2.75, 3.05) is 6.54 Å². The van der Waals surface area contributed by atoms with Crippen LogP contribution in [-0.4, -0.2) is 35.6 Å². The van der Waals surface area contributed by atoms with E-state index in [4.69, 9.17) is 9.84 Å². The minimum Gasteiger partial charge on any atom is -0.480 e. The normalized spacial score (nSPS) is 13.6. The van der Waals surface area contributed by atoms with Crippen LogP contribution < -0.4 is 5.32 Å². The molecule has 0 saturated heterocycles. The zero-order chi connectivity index (χ0) is 38.0. The van der Waals surface area contributed by atoms with Crippen molar-refractivity contribution in [2.24, 2.45) is 0 Å². The molecule has 0 aromatic carbocycles. The number of carbonyl (C=O) groups excluding carboxylic acids is 2. The van der Waals surface area contributed by atoms with Crippen LogP contribution in [0.4, 0.5) is 0 Å². The lowest BCUT2D eigenvalue weighted by Gasteiger charge is -2.14. The van der Waals surface area contributed by atoms with Gasteiger partial charge in [0, 0.05) is 12.8 Å². The summed E-state index contributed by atoms with van der Waals surface area (Å²) in [4.78, 5) is 35.1. The van der Waals surface area contributed by atoms with Crippen molar-refractivity contribution < 1.29 is 24.2 Å². The number of unbranched alkanes of at least 4 members (excludes halogenated alkanes) is 1. The molecule has 0 aromatic heterocycles. The molecule has 0 bridgehead atoms. The van der Waals surface area contributed by atoms with Gasteiger partial charge in [0.1, 0.15) is 12.6 Å². The van der Waals surface area contributed by atoms with Crippen LogP contribution in [0.5, 0.6) is 0 Å². The number of allylic oxidation sites excluding steroid dienone is 21. The molecule has 0 heterocycles. The van der Waals surface area contributed by atoms with Crippen LogP contribution in [-0.2, 0) is 19.1 Å². The second kappa shape index (κ2) is 39.3. The Morgan fingerprint density at radius 1 is 0.519 bits per heavy atom. The maximum Gasteiger partial charge on any atom is 0.322 e. The highest BCUT2D eigenvalue weighted by molar-refractivity contribution is 5.81. The van der Waals surface area contributed by atoms with Gasteiger partial charge in [-0.25, -0.2) is 0 Å². The van der Waals surface area contributed by atoms with Gasteiger partial charge < -0.3 is 15.2 Å². The zero-order valence-electron chi connectivity index (χ0n) is 32.1. The minimum atomic E-state index is -1.07. The van der Waals surface area contributed by atoms with Gasteiger partial charge in [-0.1, -0.05) is 141 Å². The molecule has 286 valence electrons. The summed E-state index contributed by atoms with van der Waals surface area (Å²) in [5.74, 6) is -1.60. The van der Waals surface area contributed by atoms with Gasteiger partial charge in [0.05, 0.1) is 0 Å². The smallest absolute Gasteiger partial charge is 0.322 e. The number of hydrogen-bond acceptors (Lipinski definition) is 4. The van der Waals surface area contributed by atoms with E-state index in [1.807, 2.05) is 18.2 Å². The van der Waals surface area contributed by atoms with Gasteiger partial charge in [-0.05, 0) is 102 Å². The van der Waals surface area contributed by atoms with Crippen molar-refractivity contribution in [3.05, 3.63) is 134 Å². The maximum atomic E-state index is 12.6. The molecule has 0 spiro atoms. The topological polar surface area (TPSA) is 92.7 Å². The largest absolute Gasteiger partial charge is 0.480 e. The van der Waals surface area contributed by atoms with Crippen molar-refractivity contribution in [2.45, 2.75) is 129 Å². The number of carbonyl (C=O) groups is 3. The Kier molecular flexibility index (Phi) is 36.0. The van der Waals surface area contributed by atoms with Gasteiger partial charge in [0.25, 0.3) is 0 Å². The molecule has 0 rings (SSSR count). The quantitative estimate of drug-likeness (QED) is 0.0411. The first-order valence-corrected chi connectivity index (χ1v) is 19.3. The first-order valence-electron chi connectivity index (χ1n) is 19.3. The van der Waals surface area contributed by atoms with Crippen LogP contribution in [0.2, 0.25) is 0 Å². The number of esters is 1. The number of hydrogen-bond donors (Lipinski definition) is 2. The molecule has 0 fully saturated rings. The number of amides is 1. The SMILES string of the molecule is CC/C=C\C/C=C\C/C=C\C/C=C\C/C=C\C/C=C\CCC(=O)OC(/C=C\C/C=C\C/C=C\C/C=C\C/C=C\CC)CCCCC(=O)NCC(=O)O. The number of carboxylic acid groups (broad SMARTS) is 1. The Morgan fingerprint density at radius 3 is 1.31 bits per heavy atom. The van der Waals surface area contributed by atoms with Gasteiger partial charge in [-0.15, -0.1) is 0 Å². The Bertz CT molecular complexity index is 1240. The highest BCUT2D eigenvalue weighted by atomic mass is 16.5. The van der Waals surface area contributed by atoms with Gasteiger partial charge in [0.2, 0.25) is 5.91 Å². The van der Waals surface area contributed by atoms with Crippen LogP contribution in [0.3, 0.4) is 0 Å². The molecular formula is C46H67NO5. The van der Waals surface area contributed by atoms with E-state index in [0.717, 1.165) is 70.6 Å². The number of nitrogens with one attached hydrogen (secondary N) is 1. The molecule has 52 heavy (non-hydrogen) atoms. The molecule has 2 N–H and O–H groups in total. The van der Waals surface area contributed by atoms with E-state index in [-0.39, 0.29) is 30.9 Å². The maximum absolute atomic E-state index is 12.6. The Morgan fingerprint density at radius 2 is 0.904 bits per heavy atom. The standard InChI is InChI=1S/C46H67NO5/c1-3-5-7-9-11-13-15-17-19-20-21-22-23-25-27-29-31-33-35-41-46(51)52-43(39-36-37-40-44(48)47-42-45(49)50)38-34-32-30-28-26-24-18-16-14-12-10-8-6-4-2/h5-8,11-14,17-19,21-22,24-25,27-28,30-31,33-34,38,43H,3-4,9-10,15-16,20,23,26,29,32,35-37,39-42H2,1-2H3,(H,47,48)(H,49,50)/b7-5-,8-6-,13-11-,14-12-,19-17-,22-21-,24-18-,27-25-,30-28-,33-31-,38-34-.